The Morgan fingerprint density at radius 2 is 1.60 bits per heavy atom. The number of sulfonamides is 1. The van der Waals surface area contributed by atoms with Crippen LogP contribution in [-0.2, 0) is 32.5 Å². The smallest absolute Gasteiger partial charge is 0.412 e. The molecular formula is C43H50F2N2O9S. The van der Waals surface area contributed by atoms with E-state index >= 15 is 0 Å². The molecule has 4 aromatic carbocycles. The van der Waals surface area contributed by atoms with Crippen LogP contribution < -0.4 is 9.47 Å². The summed E-state index contributed by atoms with van der Waals surface area (Å²) >= 11 is 0. The number of hydrogen-bond donors (Lipinski definition) is 1. The highest BCUT2D eigenvalue weighted by molar-refractivity contribution is 7.89. The SMILES string of the molecule is COc1ccc(S(=O)(=O)N(CC(C)C)C[C@H]2OC(C)(C)N(C(=O)OC(C)(C)C)[C@H]2Cc2ccc(OCc3ccc(-c4ccc(F)cc4F)cc3C(=O)O)cc2)cc1. The molecule has 1 aliphatic rings. The summed E-state index contributed by atoms with van der Waals surface area (Å²) < 4.78 is 81.1. The predicted molar refractivity (Wildman–Crippen MR) is 211 cm³/mol. The lowest BCUT2D eigenvalue weighted by atomic mass is 9.99. The molecule has 11 nitrogen and oxygen atoms in total. The number of carboxylic acids is 1. The minimum Gasteiger partial charge on any atom is -0.497 e. The number of hydrogen-bond acceptors (Lipinski definition) is 8. The third-order valence-corrected chi connectivity index (χ3v) is 11.2. The van der Waals surface area contributed by atoms with Gasteiger partial charge >= 0.3 is 12.1 Å². The largest absolute Gasteiger partial charge is 0.497 e. The maximum absolute atomic E-state index is 14.4. The first-order valence-corrected chi connectivity index (χ1v) is 20.0. The van der Waals surface area contributed by atoms with E-state index in [1.165, 1.54) is 46.6 Å². The summed E-state index contributed by atoms with van der Waals surface area (Å²) in [7, 11) is -2.49. The monoisotopic (exact) mass is 808 g/mol. The number of carbonyl (C=O) groups excluding carboxylic acids is 1. The Morgan fingerprint density at radius 3 is 2.18 bits per heavy atom. The van der Waals surface area contributed by atoms with Gasteiger partial charge in [-0.15, -0.1) is 0 Å². The number of carboxylic acid groups (broad SMARTS) is 1. The Morgan fingerprint density at radius 1 is 0.947 bits per heavy atom. The quantitative estimate of drug-likeness (QED) is 0.133. The summed E-state index contributed by atoms with van der Waals surface area (Å²) in [5, 5.41) is 9.92. The molecule has 0 spiro atoms. The highest BCUT2D eigenvalue weighted by Crippen LogP contribution is 2.37. The third-order valence-electron chi connectivity index (χ3n) is 9.37. The van der Waals surface area contributed by atoms with Gasteiger partial charge in [-0.3, -0.25) is 4.90 Å². The van der Waals surface area contributed by atoms with Crippen LogP contribution in [0.1, 0.15) is 70.0 Å². The van der Waals surface area contributed by atoms with Crippen molar-refractivity contribution in [1.82, 2.24) is 9.21 Å². The molecule has 57 heavy (non-hydrogen) atoms. The van der Waals surface area contributed by atoms with E-state index in [0.29, 0.717) is 17.1 Å². The number of halogens is 2. The van der Waals surface area contributed by atoms with Crippen molar-refractivity contribution in [3.05, 3.63) is 113 Å². The summed E-state index contributed by atoms with van der Waals surface area (Å²) in [5.74, 6) is -1.85. The fourth-order valence-corrected chi connectivity index (χ4v) is 8.43. The Kier molecular flexibility index (Phi) is 13.0. The van der Waals surface area contributed by atoms with E-state index in [1.54, 1.807) is 65.0 Å². The number of benzene rings is 4. The lowest BCUT2D eigenvalue weighted by Gasteiger charge is -2.35. The first-order valence-electron chi connectivity index (χ1n) is 18.6. The van der Waals surface area contributed by atoms with Gasteiger partial charge in [-0.1, -0.05) is 38.1 Å². The summed E-state index contributed by atoms with van der Waals surface area (Å²) in [5.41, 5.74) is -0.585. The van der Waals surface area contributed by atoms with E-state index in [-0.39, 0.29) is 53.6 Å². The van der Waals surface area contributed by atoms with Crippen LogP contribution >= 0.6 is 0 Å². The van der Waals surface area contributed by atoms with Crippen LogP contribution in [0.4, 0.5) is 13.6 Å². The zero-order valence-electron chi connectivity index (χ0n) is 33.4. The fourth-order valence-electron chi connectivity index (χ4n) is 6.81. The van der Waals surface area contributed by atoms with E-state index in [2.05, 4.69) is 0 Å². The normalized spacial score (nSPS) is 16.9. The van der Waals surface area contributed by atoms with Gasteiger partial charge in [-0.2, -0.15) is 4.31 Å². The maximum Gasteiger partial charge on any atom is 0.412 e. The molecule has 4 aromatic rings. The number of amides is 1. The van der Waals surface area contributed by atoms with Gasteiger partial charge in [0.1, 0.15) is 41.1 Å². The van der Waals surface area contributed by atoms with E-state index < -0.39 is 57.2 Å². The summed E-state index contributed by atoms with van der Waals surface area (Å²) in [4.78, 5) is 27.6. The molecule has 0 radical (unpaired) electrons. The molecule has 1 amide bonds. The van der Waals surface area contributed by atoms with Crippen LogP contribution in [0.3, 0.4) is 0 Å². The first kappa shape index (κ1) is 43.1. The molecule has 0 saturated carbocycles. The Bertz CT molecular complexity index is 2170. The Labute approximate surface area is 333 Å². The standard InChI is InChI=1S/C43H50F2N2O9S/c1-27(2)24-46(57(51,52)34-18-16-32(53-8)17-19-34)25-39-38(47(43(6,7)55-39)41(50)56-42(3,4)5)21-28-9-14-33(15-10-28)54-26-30-12-11-29(22-36(30)40(48)49)35-20-13-31(44)23-37(35)45/h9-20,22-23,27,38-39H,21,24-26H2,1-8H3,(H,48,49)/t38-,39+/m0/s1. The number of rotatable bonds is 14. The van der Waals surface area contributed by atoms with Gasteiger partial charge in [-0.05, 0) is 113 Å². The zero-order valence-corrected chi connectivity index (χ0v) is 34.2. The number of aromatic carboxylic acids is 1. The number of ether oxygens (including phenoxy) is 4. The molecule has 1 fully saturated rings. The van der Waals surface area contributed by atoms with Crippen LogP contribution in [-0.4, -0.2) is 78.5 Å². The average molecular weight is 809 g/mol. The molecule has 1 heterocycles. The number of nitrogens with zero attached hydrogens (tertiary/aromatic N) is 2. The van der Waals surface area contributed by atoms with E-state index in [1.807, 2.05) is 26.0 Å². The topological polar surface area (TPSA) is 132 Å². The van der Waals surface area contributed by atoms with Crippen molar-refractivity contribution in [2.75, 3.05) is 20.2 Å². The average Bonchev–Trinajstić information content (AvgIpc) is 3.38. The molecule has 0 bridgehead atoms. The van der Waals surface area contributed by atoms with Crippen molar-refractivity contribution in [2.24, 2.45) is 5.92 Å². The van der Waals surface area contributed by atoms with Gasteiger partial charge in [0.05, 0.1) is 29.7 Å². The fraction of sp³-hybridized carbons (Fsp3) is 0.395. The van der Waals surface area contributed by atoms with Gasteiger partial charge in [0.15, 0.2) is 0 Å². The van der Waals surface area contributed by atoms with Crippen molar-refractivity contribution >= 4 is 22.1 Å². The second-order valence-electron chi connectivity index (χ2n) is 15.9. The van der Waals surface area contributed by atoms with E-state index in [0.717, 1.165) is 17.7 Å². The van der Waals surface area contributed by atoms with Crippen LogP contribution in [0, 0.1) is 17.6 Å². The minimum atomic E-state index is -3.99. The van der Waals surface area contributed by atoms with Gasteiger partial charge < -0.3 is 24.1 Å². The highest BCUT2D eigenvalue weighted by atomic mass is 32.2. The van der Waals surface area contributed by atoms with Gasteiger partial charge in [0.2, 0.25) is 10.0 Å². The Hall–Kier alpha value is -5.05. The molecule has 1 N–H and O–H groups in total. The van der Waals surface area contributed by atoms with Gasteiger partial charge in [0, 0.05) is 30.3 Å². The van der Waals surface area contributed by atoms with Crippen LogP contribution in [0.2, 0.25) is 0 Å². The molecule has 306 valence electrons. The zero-order chi connectivity index (χ0) is 41.9. The van der Waals surface area contributed by atoms with Crippen molar-refractivity contribution in [3.8, 4) is 22.6 Å². The molecule has 1 aliphatic heterocycles. The van der Waals surface area contributed by atoms with E-state index in [4.69, 9.17) is 18.9 Å². The van der Waals surface area contributed by atoms with Crippen molar-refractivity contribution < 1.29 is 50.8 Å². The van der Waals surface area contributed by atoms with Crippen LogP contribution in [0.25, 0.3) is 11.1 Å². The molecule has 0 aromatic heterocycles. The second-order valence-corrected chi connectivity index (χ2v) is 17.8. The molecule has 14 heteroatoms. The molecule has 2 atom stereocenters. The first-order chi connectivity index (χ1) is 26.7. The van der Waals surface area contributed by atoms with Crippen molar-refractivity contribution in [3.63, 3.8) is 0 Å². The number of carbonyl (C=O) groups is 2. The molecule has 1 saturated heterocycles. The van der Waals surface area contributed by atoms with Gasteiger partial charge in [-0.25, -0.2) is 26.8 Å². The van der Waals surface area contributed by atoms with Crippen LogP contribution in [0.5, 0.6) is 11.5 Å². The summed E-state index contributed by atoms with van der Waals surface area (Å²) in [6.45, 7) is 12.7. The van der Waals surface area contributed by atoms with Crippen LogP contribution in [0.15, 0.2) is 89.8 Å². The third kappa shape index (κ3) is 10.5. The Balaban J connectivity index is 1.39. The summed E-state index contributed by atoms with van der Waals surface area (Å²) in [6, 6.07) is 20.1. The predicted octanol–water partition coefficient (Wildman–Crippen LogP) is 8.55. The molecular weight excluding hydrogens is 759 g/mol. The minimum absolute atomic E-state index is 0.0253. The van der Waals surface area contributed by atoms with Gasteiger partial charge in [0.25, 0.3) is 0 Å². The lowest BCUT2D eigenvalue weighted by molar-refractivity contribution is -0.0807. The van der Waals surface area contributed by atoms with Crippen molar-refractivity contribution in [2.45, 2.75) is 89.9 Å². The highest BCUT2D eigenvalue weighted by Gasteiger charge is 2.52. The molecule has 0 unspecified atom stereocenters. The lowest BCUT2D eigenvalue weighted by Crippen LogP contribution is -2.52. The molecule has 5 rings (SSSR count). The summed E-state index contributed by atoms with van der Waals surface area (Å²) in [6.07, 6.45) is -1.08. The van der Waals surface area contributed by atoms with E-state index in [9.17, 15) is 31.9 Å². The molecule has 0 aliphatic carbocycles. The maximum atomic E-state index is 14.4. The second kappa shape index (κ2) is 17.2. The number of methoxy groups -OCH3 is 1. The van der Waals surface area contributed by atoms with Crippen molar-refractivity contribution in [1.29, 1.82) is 0 Å².